The lowest BCUT2D eigenvalue weighted by Crippen LogP contribution is -2.54. The van der Waals surface area contributed by atoms with Crippen molar-refractivity contribution >= 4 is 16.8 Å². The van der Waals surface area contributed by atoms with Crippen molar-refractivity contribution in [2.24, 2.45) is 0 Å². The zero-order chi connectivity index (χ0) is 17.7. The van der Waals surface area contributed by atoms with Gasteiger partial charge in [0, 0.05) is 36.8 Å². The highest BCUT2D eigenvalue weighted by Gasteiger charge is 2.54. The van der Waals surface area contributed by atoms with Crippen molar-refractivity contribution in [3.05, 3.63) is 35.3 Å². The van der Waals surface area contributed by atoms with Crippen LogP contribution in [-0.4, -0.2) is 45.8 Å². The third kappa shape index (κ3) is 2.75. The number of carbonyl (C=O) groups excluding carboxylic acids is 1. The number of H-pyrrole nitrogens is 1. The van der Waals surface area contributed by atoms with Gasteiger partial charge >= 0.3 is 6.18 Å². The molecule has 0 spiro atoms. The van der Waals surface area contributed by atoms with Gasteiger partial charge in [0.2, 0.25) is 0 Å². The summed E-state index contributed by atoms with van der Waals surface area (Å²) in [5, 5.41) is 10.3. The van der Waals surface area contributed by atoms with Gasteiger partial charge in [0.25, 0.3) is 5.91 Å². The van der Waals surface area contributed by atoms with Gasteiger partial charge in [-0.2, -0.15) is 13.2 Å². The summed E-state index contributed by atoms with van der Waals surface area (Å²) in [4.78, 5) is 16.5. The topological polar surface area (TPSA) is 56.3 Å². The number of nitrogens with one attached hydrogen (secondary N) is 1. The minimum absolute atomic E-state index is 0.191. The van der Waals surface area contributed by atoms with Crippen molar-refractivity contribution in [1.29, 1.82) is 0 Å². The quantitative estimate of drug-likeness (QED) is 0.781. The molecule has 0 aliphatic carbocycles. The zero-order valence-electron chi connectivity index (χ0n) is 12.9. The van der Waals surface area contributed by atoms with Gasteiger partial charge in [0.1, 0.15) is 11.5 Å². The number of alkyl halides is 3. The molecule has 1 saturated heterocycles. The molecule has 1 fully saturated rings. The lowest BCUT2D eigenvalue weighted by molar-refractivity contribution is -0.271. The largest absolute Gasteiger partial charge is 0.417 e. The van der Waals surface area contributed by atoms with Crippen LogP contribution in [0.25, 0.3) is 10.9 Å². The average molecular weight is 344 g/mol. The molecule has 1 amide bonds. The third-order valence-corrected chi connectivity index (χ3v) is 4.55. The lowest BCUT2D eigenvalue weighted by Gasteiger charge is -2.38. The van der Waals surface area contributed by atoms with E-state index in [1.807, 2.05) is 0 Å². The molecule has 2 heterocycles. The number of amides is 1. The average Bonchev–Trinajstić information content (AvgIpc) is 2.90. The summed E-state index contributed by atoms with van der Waals surface area (Å²) in [6.07, 6.45) is -5.83. The number of halogens is 4. The van der Waals surface area contributed by atoms with Crippen molar-refractivity contribution < 1.29 is 27.5 Å². The third-order valence-electron chi connectivity index (χ3n) is 4.55. The van der Waals surface area contributed by atoms with Gasteiger partial charge in [-0.05, 0) is 30.7 Å². The van der Waals surface area contributed by atoms with Gasteiger partial charge in [-0.25, -0.2) is 4.39 Å². The number of nitrogens with zero attached hydrogens (tertiary/aromatic N) is 1. The lowest BCUT2D eigenvalue weighted by atomic mass is 9.90. The molecule has 2 N–H and O–H groups in total. The summed E-state index contributed by atoms with van der Waals surface area (Å²) in [5.74, 6) is -0.899. The van der Waals surface area contributed by atoms with E-state index < -0.39 is 36.3 Å². The maximum Gasteiger partial charge on any atom is 0.417 e. The van der Waals surface area contributed by atoms with E-state index in [0.29, 0.717) is 16.5 Å². The monoisotopic (exact) mass is 344 g/mol. The van der Waals surface area contributed by atoms with Gasteiger partial charge in [-0.3, -0.25) is 4.79 Å². The van der Waals surface area contributed by atoms with E-state index in [2.05, 4.69) is 4.98 Å². The highest BCUT2D eigenvalue weighted by atomic mass is 19.4. The van der Waals surface area contributed by atoms with Crippen molar-refractivity contribution in [2.75, 3.05) is 13.1 Å². The number of aliphatic hydroxyl groups is 1. The number of rotatable bonds is 1. The number of aromatic nitrogens is 1. The highest BCUT2D eigenvalue weighted by Crippen LogP contribution is 2.38. The smallest absolute Gasteiger partial charge is 0.380 e. The Labute approximate surface area is 135 Å². The molecule has 0 atom stereocenters. The fourth-order valence-electron chi connectivity index (χ4n) is 3.02. The number of likely N-dealkylation sites (tertiary alicyclic amines) is 1. The van der Waals surface area contributed by atoms with Crippen LogP contribution < -0.4 is 0 Å². The first-order chi connectivity index (χ1) is 11.1. The molecule has 2 aromatic rings. The maximum atomic E-state index is 13.4. The van der Waals surface area contributed by atoms with Crippen molar-refractivity contribution in [2.45, 2.75) is 31.5 Å². The van der Waals surface area contributed by atoms with Gasteiger partial charge in [-0.15, -0.1) is 0 Å². The first-order valence-electron chi connectivity index (χ1n) is 7.48. The molecule has 1 aromatic heterocycles. The minimum Gasteiger partial charge on any atom is -0.380 e. The number of benzene rings is 1. The molecule has 0 saturated carbocycles. The van der Waals surface area contributed by atoms with Crippen LogP contribution in [0.3, 0.4) is 0 Å². The SMILES string of the molecule is Cc1cc(F)cc2[nH]c(C(=O)N3CCC(O)(C(F)(F)F)CC3)cc12. The van der Waals surface area contributed by atoms with E-state index in [4.69, 9.17) is 0 Å². The second-order valence-electron chi connectivity index (χ2n) is 6.19. The molecule has 1 aliphatic heterocycles. The molecule has 0 bridgehead atoms. The van der Waals surface area contributed by atoms with Crippen molar-refractivity contribution in [3.63, 3.8) is 0 Å². The van der Waals surface area contributed by atoms with E-state index in [9.17, 15) is 27.5 Å². The Morgan fingerprint density at radius 3 is 2.46 bits per heavy atom. The predicted octanol–water partition coefficient (Wildman–Crippen LogP) is 3.14. The van der Waals surface area contributed by atoms with Gasteiger partial charge < -0.3 is 15.0 Å². The van der Waals surface area contributed by atoms with Crippen LogP contribution in [0.5, 0.6) is 0 Å². The molecule has 8 heteroatoms. The van der Waals surface area contributed by atoms with Crippen molar-refractivity contribution in [1.82, 2.24) is 9.88 Å². The number of aryl methyl sites for hydroxylation is 1. The molecule has 130 valence electrons. The van der Waals surface area contributed by atoms with Crippen molar-refractivity contribution in [3.8, 4) is 0 Å². The molecule has 24 heavy (non-hydrogen) atoms. The minimum atomic E-state index is -4.71. The van der Waals surface area contributed by atoms with Crippen LogP contribution in [0.4, 0.5) is 17.6 Å². The summed E-state index contributed by atoms with van der Waals surface area (Å²) < 4.78 is 51.8. The molecule has 4 nitrogen and oxygen atoms in total. The summed E-state index contributed by atoms with van der Waals surface area (Å²) in [6.45, 7) is 1.31. The number of aromatic amines is 1. The Balaban J connectivity index is 1.80. The van der Waals surface area contributed by atoms with Crippen LogP contribution in [0, 0.1) is 12.7 Å². The molecule has 1 aliphatic rings. The fraction of sp³-hybridized carbons (Fsp3) is 0.438. The van der Waals surface area contributed by atoms with E-state index in [1.54, 1.807) is 13.0 Å². The van der Waals surface area contributed by atoms with E-state index >= 15 is 0 Å². The highest BCUT2D eigenvalue weighted by molar-refractivity contribution is 5.98. The van der Waals surface area contributed by atoms with Crippen LogP contribution >= 0.6 is 0 Å². The molecular weight excluding hydrogens is 328 g/mol. The summed E-state index contributed by atoms with van der Waals surface area (Å²) in [5.41, 5.74) is -1.44. The predicted molar refractivity (Wildman–Crippen MR) is 79.1 cm³/mol. The van der Waals surface area contributed by atoms with E-state index in [0.717, 1.165) is 0 Å². The number of fused-ring (bicyclic) bond motifs is 1. The number of piperidine rings is 1. The number of hydrogen-bond donors (Lipinski definition) is 2. The molecule has 3 rings (SSSR count). The second-order valence-corrected chi connectivity index (χ2v) is 6.19. The standard InChI is InChI=1S/C16H16F4N2O2/c1-9-6-10(17)7-12-11(9)8-13(21-12)14(23)22-4-2-15(24,3-5-22)16(18,19)20/h6-8,21,24H,2-5H2,1H3. The van der Waals surface area contributed by atoms with Crippen LogP contribution in [0.2, 0.25) is 0 Å². The van der Waals surface area contributed by atoms with E-state index in [1.165, 1.54) is 17.0 Å². The molecule has 1 aromatic carbocycles. The molecular formula is C16H16F4N2O2. The summed E-state index contributed by atoms with van der Waals surface area (Å²) in [7, 11) is 0. The molecule has 0 radical (unpaired) electrons. The first kappa shape index (κ1) is 16.8. The normalized spacial score (nSPS) is 18.2. The van der Waals surface area contributed by atoms with Gasteiger partial charge in [-0.1, -0.05) is 0 Å². The van der Waals surface area contributed by atoms with Crippen LogP contribution in [0.15, 0.2) is 18.2 Å². The zero-order valence-corrected chi connectivity index (χ0v) is 12.9. The summed E-state index contributed by atoms with van der Waals surface area (Å²) in [6, 6.07) is 4.17. The first-order valence-corrected chi connectivity index (χ1v) is 7.48. The Kier molecular flexibility index (Phi) is 3.82. The second kappa shape index (κ2) is 5.47. The van der Waals surface area contributed by atoms with Crippen LogP contribution in [0.1, 0.15) is 28.9 Å². The number of carbonyl (C=O) groups is 1. The molecule has 0 unspecified atom stereocenters. The van der Waals surface area contributed by atoms with Crippen LogP contribution in [-0.2, 0) is 0 Å². The Morgan fingerprint density at radius 2 is 1.88 bits per heavy atom. The summed E-state index contributed by atoms with van der Waals surface area (Å²) >= 11 is 0. The maximum absolute atomic E-state index is 13.4. The van der Waals surface area contributed by atoms with Gasteiger partial charge in [0.15, 0.2) is 5.60 Å². The Morgan fingerprint density at radius 1 is 1.25 bits per heavy atom. The fourth-order valence-corrected chi connectivity index (χ4v) is 3.02. The Bertz CT molecular complexity index is 789. The Hall–Kier alpha value is -2.09. The van der Waals surface area contributed by atoms with E-state index in [-0.39, 0.29) is 18.8 Å². The van der Waals surface area contributed by atoms with Gasteiger partial charge in [0.05, 0.1) is 0 Å². The number of hydrogen-bond acceptors (Lipinski definition) is 2.